The Kier molecular flexibility index (Phi) is 5.75. The number of nitrogens with one attached hydrogen (secondary N) is 1. The lowest BCUT2D eigenvalue weighted by molar-refractivity contribution is 0.828. The van der Waals surface area contributed by atoms with Crippen molar-refractivity contribution in [2.75, 3.05) is 23.3 Å². The van der Waals surface area contributed by atoms with Crippen LogP contribution >= 0.6 is 0 Å². The van der Waals surface area contributed by atoms with Gasteiger partial charge in [0.25, 0.3) is 0 Å². The van der Waals surface area contributed by atoms with Crippen LogP contribution < -0.4 is 10.2 Å². The second kappa shape index (κ2) is 7.78. The first-order valence-electron chi connectivity index (χ1n) is 8.07. The van der Waals surface area contributed by atoms with Gasteiger partial charge in [-0.05, 0) is 44.9 Å². The maximum atomic E-state index is 4.61. The van der Waals surface area contributed by atoms with Crippen LogP contribution in [0, 0.1) is 13.8 Å². The Morgan fingerprint density at radius 3 is 2.59 bits per heavy atom. The van der Waals surface area contributed by atoms with Crippen molar-refractivity contribution in [1.82, 2.24) is 9.97 Å². The van der Waals surface area contributed by atoms with Gasteiger partial charge in [0.05, 0.1) is 0 Å². The molecule has 0 saturated carbocycles. The fourth-order valence-electron chi connectivity index (χ4n) is 2.45. The number of benzene rings is 1. The largest absolute Gasteiger partial charge is 0.370 e. The molecule has 0 spiro atoms. The zero-order valence-corrected chi connectivity index (χ0v) is 14.1. The predicted molar refractivity (Wildman–Crippen MR) is 94.0 cm³/mol. The maximum Gasteiger partial charge on any atom is 0.138 e. The number of aromatic nitrogens is 2. The second-order valence-electron chi connectivity index (χ2n) is 5.52. The van der Waals surface area contributed by atoms with E-state index in [1.54, 1.807) is 0 Å². The number of unbranched alkanes of at least 4 members (excludes halogenated alkanes) is 1. The molecule has 1 aromatic heterocycles. The van der Waals surface area contributed by atoms with E-state index in [0.717, 1.165) is 37.0 Å². The molecule has 0 bridgehead atoms. The summed E-state index contributed by atoms with van der Waals surface area (Å²) < 4.78 is 0. The molecule has 0 fully saturated rings. The number of hydrogen-bond acceptors (Lipinski definition) is 4. The van der Waals surface area contributed by atoms with Gasteiger partial charge in [0.15, 0.2) is 0 Å². The third-order valence-electron chi connectivity index (χ3n) is 3.57. The summed E-state index contributed by atoms with van der Waals surface area (Å²) >= 11 is 0. The van der Waals surface area contributed by atoms with Gasteiger partial charge in [-0.15, -0.1) is 0 Å². The van der Waals surface area contributed by atoms with Crippen molar-refractivity contribution in [3.8, 4) is 0 Å². The fourth-order valence-corrected chi connectivity index (χ4v) is 2.45. The third-order valence-corrected chi connectivity index (χ3v) is 3.57. The lowest BCUT2D eigenvalue weighted by atomic mass is 10.2. The third kappa shape index (κ3) is 4.20. The highest BCUT2D eigenvalue weighted by atomic mass is 15.2. The summed E-state index contributed by atoms with van der Waals surface area (Å²) in [6.45, 7) is 10.2. The van der Waals surface area contributed by atoms with Crippen LogP contribution in [0.4, 0.5) is 17.3 Å². The summed E-state index contributed by atoms with van der Waals surface area (Å²) in [5.74, 6) is 2.64. The highest BCUT2D eigenvalue weighted by Gasteiger charge is 2.11. The number of hydrogen-bond donors (Lipinski definition) is 1. The van der Waals surface area contributed by atoms with E-state index < -0.39 is 0 Å². The number of aryl methyl sites for hydroxylation is 2. The van der Waals surface area contributed by atoms with Crippen LogP contribution in [0.3, 0.4) is 0 Å². The maximum absolute atomic E-state index is 4.61. The number of rotatable bonds is 7. The van der Waals surface area contributed by atoms with Crippen molar-refractivity contribution in [2.24, 2.45) is 0 Å². The Bertz CT molecular complexity index is 610. The van der Waals surface area contributed by atoms with Gasteiger partial charge in [-0.1, -0.05) is 25.5 Å². The Balaban J connectivity index is 2.28. The molecule has 1 heterocycles. The molecule has 0 amide bonds. The van der Waals surface area contributed by atoms with E-state index in [-0.39, 0.29) is 0 Å². The lowest BCUT2D eigenvalue weighted by Gasteiger charge is -2.23. The smallest absolute Gasteiger partial charge is 0.138 e. The van der Waals surface area contributed by atoms with E-state index in [1.807, 2.05) is 13.0 Å². The SMILES string of the molecule is CCCCNc1cc(N(CC)c2cccc(C)c2)nc(C)n1. The molecular weight excluding hydrogens is 272 g/mol. The average molecular weight is 298 g/mol. The number of anilines is 3. The average Bonchev–Trinajstić information content (AvgIpc) is 2.48. The summed E-state index contributed by atoms with van der Waals surface area (Å²) in [5, 5.41) is 3.39. The fraction of sp³-hybridized carbons (Fsp3) is 0.444. The van der Waals surface area contributed by atoms with Crippen LogP contribution in [0.5, 0.6) is 0 Å². The monoisotopic (exact) mass is 298 g/mol. The molecule has 118 valence electrons. The van der Waals surface area contributed by atoms with E-state index in [4.69, 9.17) is 0 Å². The summed E-state index contributed by atoms with van der Waals surface area (Å²) in [4.78, 5) is 11.3. The van der Waals surface area contributed by atoms with E-state index >= 15 is 0 Å². The van der Waals surface area contributed by atoms with Gasteiger partial charge in [0.2, 0.25) is 0 Å². The minimum Gasteiger partial charge on any atom is -0.370 e. The van der Waals surface area contributed by atoms with Gasteiger partial charge in [-0.25, -0.2) is 9.97 Å². The van der Waals surface area contributed by atoms with Gasteiger partial charge in [-0.2, -0.15) is 0 Å². The first-order chi connectivity index (χ1) is 10.6. The molecule has 22 heavy (non-hydrogen) atoms. The molecule has 2 rings (SSSR count). The summed E-state index contributed by atoms with van der Waals surface area (Å²) in [6.07, 6.45) is 2.32. The van der Waals surface area contributed by atoms with Crippen LogP contribution in [0.2, 0.25) is 0 Å². The van der Waals surface area contributed by atoms with Crippen LogP contribution in [0.15, 0.2) is 30.3 Å². The number of nitrogens with zero attached hydrogens (tertiary/aromatic N) is 3. The van der Waals surface area contributed by atoms with Crippen LogP contribution in [-0.2, 0) is 0 Å². The zero-order chi connectivity index (χ0) is 15.9. The normalized spacial score (nSPS) is 10.5. The molecule has 0 aliphatic rings. The molecule has 0 radical (unpaired) electrons. The minimum absolute atomic E-state index is 0.794. The van der Waals surface area contributed by atoms with Crippen molar-refractivity contribution in [3.05, 3.63) is 41.7 Å². The lowest BCUT2D eigenvalue weighted by Crippen LogP contribution is -2.18. The second-order valence-corrected chi connectivity index (χ2v) is 5.52. The molecule has 1 aromatic carbocycles. The highest BCUT2D eigenvalue weighted by molar-refractivity contribution is 5.63. The Hall–Kier alpha value is -2.10. The summed E-state index contributed by atoms with van der Waals surface area (Å²) in [6, 6.07) is 10.5. The van der Waals surface area contributed by atoms with Gasteiger partial charge < -0.3 is 10.2 Å². The van der Waals surface area contributed by atoms with Crippen molar-refractivity contribution in [3.63, 3.8) is 0 Å². The molecule has 4 nitrogen and oxygen atoms in total. The summed E-state index contributed by atoms with van der Waals surface area (Å²) in [5.41, 5.74) is 2.42. The standard InChI is InChI=1S/C18H26N4/c1-5-7-11-19-17-13-18(21-15(4)20-17)22(6-2)16-10-8-9-14(3)12-16/h8-10,12-13H,5-7,11H2,1-4H3,(H,19,20,21). The minimum atomic E-state index is 0.794. The quantitative estimate of drug-likeness (QED) is 0.766. The Morgan fingerprint density at radius 2 is 1.91 bits per heavy atom. The van der Waals surface area contributed by atoms with Crippen LogP contribution in [0.25, 0.3) is 0 Å². The van der Waals surface area contributed by atoms with E-state index in [2.05, 4.69) is 65.2 Å². The van der Waals surface area contributed by atoms with Crippen LogP contribution in [0.1, 0.15) is 38.1 Å². The van der Waals surface area contributed by atoms with Gasteiger partial charge in [0.1, 0.15) is 17.5 Å². The van der Waals surface area contributed by atoms with Gasteiger partial charge in [0, 0.05) is 24.8 Å². The Labute approximate surface area is 133 Å². The first-order valence-corrected chi connectivity index (χ1v) is 8.07. The molecule has 0 atom stereocenters. The molecule has 2 aromatic rings. The van der Waals surface area contributed by atoms with Crippen molar-refractivity contribution in [1.29, 1.82) is 0 Å². The summed E-state index contributed by atoms with van der Waals surface area (Å²) in [7, 11) is 0. The molecule has 0 aliphatic carbocycles. The predicted octanol–water partition coefficient (Wildman–Crippen LogP) is 4.46. The van der Waals surface area contributed by atoms with Crippen molar-refractivity contribution < 1.29 is 0 Å². The molecule has 0 aliphatic heterocycles. The van der Waals surface area contributed by atoms with E-state index in [0.29, 0.717) is 0 Å². The molecule has 1 N–H and O–H groups in total. The topological polar surface area (TPSA) is 41.0 Å². The van der Waals surface area contributed by atoms with Crippen molar-refractivity contribution >= 4 is 17.3 Å². The zero-order valence-electron chi connectivity index (χ0n) is 14.1. The Morgan fingerprint density at radius 1 is 1.09 bits per heavy atom. The van der Waals surface area contributed by atoms with Crippen molar-refractivity contribution in [2.45, 2.75) is 40.5 Å². The van der Waals surface area contributed by atoms with E-state index in [9.17, 15) is 0 Å². The van der Waals surface area contributed by atoms with Gasteiger partial charge in [-0.3, -0.25) is 0 Å². The highest BCUT2D eigenvalue weighted by Crippen LogP contribution is 2.25. The van der Waals surface area contributed by atoms with E-state index in [1.165, 1.54) is 17.7 Å². The molecule has 0 unspecified atom stereocenters. The van der Waals surface area contributed by atoms with Gasteiger partial charge >= 0.3 is 0 Å². The first kappa shape index (κ1) is 16.3. The van der Waals surface area contributed by atoms with Crippen LogP contribution in [-0.4, -0.2) is 23.1 Å². The molecule has 4 heteroatoms. The molecule has 0 saturated heterocycles. The molecular formula is C18H26N4.